The van der Waals surface area contributed by atoms with E-state index in [9.17, 15) is 0 Å². The van der Waals surface area contributed by atoms with Crippen molar-refractivity contribution < 1.29 is 0 Å². The molecule has 2 rings (SSSR count). The lowest BCUT2D eigenvalue weighted by atomic mass is 10.2. The minimum atomic E-state index is 0.583. The molecule has 1 N–H and O–H groups in total. The Kier molecular flexibility index (Phi) is 4.71. The molecule has 1 aliphatic heterocycles. The fourth-order valence-electron chi connectivity index (χ4n) is 2.23. The van der Waals surface area contributed by atoms with Crippen LogP contribution in [0.5, 0.6) is 0 Å². The highest BCUT2D eigenvalue weighted by Gasteiger charge is 2.18. The Balaban J connectivity index is 2.19. The van der Waals surface area contributed by atoms with Crippen molar-refractivity contribution >= 4 is 33.2 Å². The fourth-order valence-corrected chi connectivity index (χ4v) is 3.16. The predicted octanol–water partition coefficient (Wildman–Crippen LogP) is 3.68. The molecule has 1 aromatic rings. The van der Waals surface area contributed by atoms with Crippen LogP contribution in [0.1, 0.15) is 19.8 Å². The van der Waals surface area contributed by atoms with Gasteiger partial charge >= 0.3 is 0 Å². The zero-order valence-corrected chi connectivity index (χ0v) is 12.4. The smallest absolute Gasteiger partial charge is 0.0512 e. The molecule has 17 heavy (non-hydrogen) atoms. The summed E-state index contributed by atoms with van der Waals surface area (Å²) < 4.78 is 1.08. The van der Waals surface area contributed by atoms with Gasteiger partial charge in [0.25, 0.3) is 0 Å². The third-order valence-corrected chi connectivity index (χ3v) is 4.09. The summed E-state index contributed by atoms with van der Waals surface area (Å²) >= 11 is 9.59. The molecular formula is C13H18BrClN2. The fraction of sp³-hybridized carbons (Fsp3) is 0.538. The molecule has 0 aliphatic carbocycles. The van der Waals surface area contributed by atoms with Crippen molar-refractivity contribution in [1.29, 1.82) is 0 Å². The Morgan fingerprint density at radius 2 is 2.35 bits per heavy atom. The maximum absolute atomic E-state index is 5.98. The summed E-state index contributed by atoms with van der Waals surface area (Å²) in [6, 6.07) is 6.61. The van der Waals surface area contributed by atoms with Gasteiger partial charge < -0.3 is 10.2 Å². The molecule has 1 aromatic carbocycles. The van der Waals surface area contributed by atoms with E-state index in [1.165, 1.54) is 18.5 Å². The molecule has 1 heterocycles. The quantitative estimate of drug-likeness (QED) is 0.895. The number of halogens is 2. The van der Waals surface area contributed by atoms with Crippen LogP contribution in [0.3, 0.4) is 0 Å². The molecule has 0 amide bonds. The van der Waals surface area contributed by atoms with Crippen LogP contribution >= 0.6 is 27.5 Å². The van der Waals surface area contributed by atoms with Crippen LogP contribution in [-0.4, -0.2) is 25.7 Å². The Labute approximate surface area is 116 Å². The van der Waals surface area contributed by atoms with E-state index in [0.717, 1.165) is 29.1 Å². The number of hydrogen-bond acceptors (Lipinski definition) is 2. The first-order valence-electron chi connectivity index (χ1n) is 6.14. The largest absolute Gasteiger partial charge is 0.369 e. The number of rotatable bonds is 2. The van der Waals surface area contributed by atoms with Gasteiger partial charge in [-0.25, -0.2) is 0 Å². The van der Waals surface area contributed by atoms with Crippen molar-refractivity contribution in [3.63, 3.8) is 0 Å². The normalized spacial score (nSPS) is 21.4. The van der Waals surface area contributed by atoms with Gasteiger partial charge in [0, 0.05) is 28.6 Å². The summed E-state index contributed by atoms with van der Waals surface area (Å²) in [5.41, 5.74) is 1.25. The summed E-state index contributed by atoms with van der Waals surface area (Å²) in [5.74, 6) is 0. The monoisotopic (exact) mass is 316 g/mol. The third kappa shape index (κ3) is 3.36. The Morgan fingerprint density at radius 1 is 1.53 bits per heavy atom. The van der Waals surface area contributed by atoms with Crippen LogP contribution in [0, 0.1) is 0 Å². The van der Waals surface area contributed by atoms with Crippen LogP contribution in [0.25, 0.3) is 0 Å². The molecule has 0 radical (unpaired) electrons. The zero-order chi connectivity index (χ0) is 12.3. The minimum Gasteiger partial charge on any atom is -0.369 e. The molecule has 94 valence electrons. The van der Waals surface area contributed by atoms with Crippen molar-refractivity contribution in [2.24, 2.45) is 0 Å². The molecule has 1 atom stereocenters. The third-order valence-electron chi connectivity index (χ3n) is 3.22. The molecule has 1 fully saturated rings. The van der Waals surface area contributed by atoms with Gasteiger partial charge in [-0.15, -0.1) is 0 Å². The van der Waals surface area contributed by atoms with Crippen LogP contribution < -0.4 is 10.2 Å². The van der Waals surface area contributed by atoms with Gasteiger partial charge in [0.1, 0.15) is 0 Å². The van der Waals surface area contributed by atoms with Gasteiger partial charge in [-0.2, -0.15) is 0 Å². The lowest BCUT2D eigenvalue weighted by Gasteiger charge is -2.27. The molecule has 1 unspecified atom stereocenters. The SMILES string of the molecule is CCC1CN(c2ccc(Cl)cc2Br)CCCN1. The summed E-state index contributed by atoms with van der Waals surface area (Å²) in [6.07, 6.45) is 2.35. The molecule has 2 nitrogen and oxygen atoms in total. The Bertz CT molecular complexity index is 384. The average Bonchev–Trinajstić information content (AvgIpc) is 2.54. The van der Waals surface area contributed by atoms with Crippen LogP contribution in [0.4, 0.5) is 5.69 Å². The first kappa shape index (κ1) is 13.2. The zero-order valence-electron chi connectivity index (χ0n) is 10.0. The van der Waals surface area contributed by atoms with Gasteiger partial charge in [0.05, 0.1) is 5.69 Å². The summed E-state index contributed by atoms with van der Waals surface area (Å²) in [6.45, 7) is 5.51. The van der Waals surface area contributed by atoms with Crippen molar-refractivity contribution in [1.82, 2.24) is 5.32 Å². The lowest BCUT2D eigenvalue weighted by molar-refractivity contribution is 0.528. The highest BCUT2D eigenvalue weighted by atomic mass is 79.9. The molecule has 0 spiro atoms. The van der Waals surface area contributed by atoms with Gasteiger partial charge in [-0.05, 0) is 53.5 Å². The second-order valence-corrected chi connectivity index (χ2v) is 5.75. The van der Waals surface area contributed by atoms with E-state index in [4.69, 9.17) is 11.6 Å². The van der Waals surface area contributed by atoms with E-state index in [1.807, 2.05) is 12.1 Å². The molecule has 0 saturated carbocycles. The number of nitrogens with one attached hydrogen (secondary N) is 1. The van der Waals surface area contributed by atoms with E-state index in [-0.39, 0.29) is 0 Å². The van der Waals surface area contributed by atoms with Crippen LogP contribution in [-0.2, 0) is 0 Å². The first-order valence-corrected chi connectivity index (χ1v) is 7.31. The number of nitrogens with zero attached hydrogens (tertiary/aromatic N) is 1. The lowest BCUT2D eigenvalue weighted by Crippen LogP contribution is -2.37. The van der Waals surface area contributed by atoms with Gasteiger partial charge in [0.15, 0.2) is 0 Å². The van der Waals surface area contributed by atoms with E-state index in [2.05, 4.69) is 39.1 Å². The Morgan fingerprint density at radius 3 is 3.06 bits per heavy atom. The number of benzene rings is 1. The maximum atomic E-state index is 5.98. The molecule has 0 aromatic heterocycles. The van der Waals surface area contributed by atoms with Gasteiger partial charge in [-0.1, -0.05) is 18.5 Å². The first-order chi connectivity index (χ1) is 8.20. The van der Waals surface area contributed by atoms with Gasteiger partial charge in [0.2, 0.25) is 0 Å². The van der Waals surface area contributed by atoms with E-state index >= 15 is 0 Å². The molecule has 1 saturated heterocycles. The van der Waals surface area contributed by atoms with Crippen molar-refractivity contribution in [2.75, 3.05) is 24.5 Å². The second kappa shape index (κ2) is 6.07. The van der Waals surface area contributed by atoms with Crippen molar-refractivity contribution in [3.05, 3.63) is 27.7 Å². The topological polar surface area (TPSA) is 15.3 Å². The summed E-state index contributed by atoms with van der Waals surface area (Å²) in [4.78, 5) is 2.44. The second-order valence-electron chi connectivity index (χ2n) is 4.45. The van der Waals surface area contributed by atoms with E-state index < -0.39 is 0 Å². The number of hydrogen-bond donors (Lipinski definition) is 1. The Hall–Kier alpha value is -0.250. The highest BCUT2D eigenvalue weighted by molar-refractivity contribution is 9.10. The van der Waals surface area contributed by atoms with E-state index in [0.29, 0.717) is 6.04 Å². The van der Waals surface area contributed by atoms with Crippen LogP contribution in [0.2, 0.25) is 5.02 Å². The highest BCUT2D eigenvalue weighted by Crippen LogP contribution is 2.30. The standard InChI is InChI=1S/C13H18BrClN2/c1-2-11-9-17(7-3-6-16-11)13-5-4-10(15)8-12(13)14/h4-5,8,11,16H,2-3,6-7,9H2,1H3. The molecule has 0 bridgehead atoms. The summed E-state index contributed by atoms with van der Waals surface area (Å²) in [5, 5.41) is 4.36. The average molecular weight is 318 g/mol. The number of anilines is 1. The molecular weight excluding hydrogens is 300 g/mol. The van der Waals surface area contributed by atoms with Crippen LogP contribution in [0.15, 0.2) is 22.7 Å². The molecule has 1 aliphatic rings. The predicted molar refractivity (Wildman–Crippen MR) is 78.1 cm³/mol. The van der Waals surface area contributed by atoms with Gasteiger partial charge in [-0.3, -0.25) is 0 Å². The molecule has 4 heteroatoms. The summed E-state index contributed by atoms with van der Waals surface area (Å²) in [7, 11) is 0. The minimum absolute atomic E-state index is 0.583. The maximum Gasteiger partial charge on any atom is 0.0512 e. The van der Waals surface area contributed by atoms with Crippen molar-refractivity contribution in [3.8, 4) is 0 Å². The van der Waals surface area contributed by atoms with E-state index in [1.54, 1.807) is 0 Å². The van der Waals surface area contributed by atoms with Crippen molar-refractivity contribution in [2.45, 2.75) is 25.8 Å².